The molecule has 0 saturated carbocycles. The number of nitrogens with zero attached hydrogens (tertiary/aromatic N) is 1. The van der Waals surface area contributed by atoms with E-state index in [2.05, 4.69) is 0 Å². The molecular formula is C12H21Cl2N3O2S. The summed E-state index contributed by atoms with van der Waals surface area (Å²) in [6.45, 7) is 0.785. The Labute approximate surface area is 136 Å². The first-order valence-corrected chi connectivity index (χ1v) is 6.82. The Morgan fingerprint density at radius 1 is 1.35 bits per heavy atom. The maximum absolute atomic E-state index is 11.1. The van der Waals surface area contributed by atoms with Gasteiger partial charge in [-0.25, -0.2) is 0 Å². The quantitative estimate of drug-likeness (QED) is 0.430. The lowest BCUT2D eigenvalue weighted by Crippen LogP contribution is -2.22. The Balaban J connectivity index is 0. The van der Waals surface area contributed by atoms with E-state index in [4.69, 9.17) is 15.6 Å². The number of halogens is 2. The average Bonchev–Trinajstić information content (AvgIpc) is 2.70. The van der Waals surface area contributed by atoms with Gasteiger partial charge in [0.05, 0.1) is 12.3 Å². The fourth-order valence-corrected chi connectivity index (χ4v) is 2.20. The Kier molecular flexibility index (Phi) is 11.9. The second-order valence-electron chi connectivity index (χ2n) is 4.25. The summed E-state index contributed by atoms with van der Waals surface area (Å²) in [7, 11) is 3.98. The van der Waals surface area contributed by atoms with Gasteiger partial charge in [-0.05, 0) is 26.2 Å². The van der Waals surface area contributed by atoms with Gasteiger partial charge in [-0.2, -0.15) is 11.8 Å². The van der Waals surface area contributed by atoms with Crippen LogP contribution in [0.2, 0.25) is 0 Å². The molecule has 0 aromatic carbocycles. The van der Waals surface area contributed by atoms with Gasteiger partial charge in [-0.3, -0.25) is 10.2 Å². The Bertz CT molecular complexity index is 425. The minimum atomic E-state index is -0.359. The number of nitrogens with two attached hydrogens (primary N) is 1. The van der Waals surface area contributed by atoms with Crippen molar-refractivity contribution in [1.29, 1.82) is 5.41 Å². The van der Waals surface area contributed by atoms with Gasteiger partial charge in [-0.1, -0.05) is 0 Å². The number of rotatable bonds is 8. The van der Waals surface area contributed by atoms with Crippen molar-refractivity contribution in [3.63, 3.8) is 0 Å². The molecule has 0 radical (unpaired) electrons. The average molecular weight is 342 g/mol. The molecule has 1 heterocycles. The van der Waals surface area contributed by atoms with Crippen molar-refractivity contribution in [1.82, 2.24) is 4.90 Å². The van der Waals surface area contributed by atoms with Gasteiger partial charge in [0.15, 0.2) is 11.6 Å². The predicted octanol–water partition coefficient (Wildman–Crippen LogP) is 2.31. The van der Waals surface area contributed by atoms with Gasteiger partial charge >= 0.3 is 0 Å². The van der Waals surface area contributed by atoms with Crippen LogP contribution in [0, 0.1) is 5.41 Å². The smallest absolute Gasteiger partial charge is 0.197 e. The number of carbonyl (C=O) groups excluding carboxylic acids is 1. The van der Waals surface area contributed by atoms with Crippen LogP contribution in [-0.2, 0) is 17.1 Å². The fraction of sp³-hybridized carbons (Fsp3) is 0.500. The number of carbonyl (C=O) groups is 1. The number of Topliss-reactive ketones (excluding diaryl/α,β-unsaturated/α-hetero) is 1. The molecule has 0 aliphatic rings. The molecule has 0 unspecified atom stereocenters. The summed E-state index contributed by atoms with van der Waals surface area (Å²) in [6, 6.07) is 3.93. The van der Waals surface area contributed by atoms with Crippen molar-refractivity contribution in [2.75, 3.05) is 19.8 Å². The number of nitrogens with one attached hydrogen (secondary N) is 1. The van der Waals surface area contributed by atoms with E-state index in [0.717, 1.165) is 23.8 Å². The summed E-state index contributed by atoms with van der Waals surface area (Å²) in [4.78, 5) is 13.1. The van der Waals surface area contributed by atoms with Crippen LogP contribution in [-0.4, -0.2) is 36.4 Å². The second kappa shape index (κ2) is 11.0. The minimum Gasteiger partial charge on any atom is -0.464 e. The topological polar surface area (TPSA) is 83.3 Å². The zero-order chi connectivity index (χ0) is 13.5. The Morgan fingerprint density at radius 3 is 2.50 bits per heavy atom. The maximum Gasteiger partial charge on any atom is 0.197 e. The number of hydrogen-bond acceptors (Lipinski definition) is 5. The van der Waals surface area contributed by atoms with Crippen LogP contribution in [0.5, 0.6) is 0 Å². The molecule has 1 aromatic heterocycles. The zero-order valence-electron chi connectivity index (χ0n) is 11.5. The van der Waals surface area contributed by atoms with Crippen LogP contribution in [0.15, 0.2) is 16.5 Å². The van der Waals surface area contributed by atoms with Crippen LogP contribution in [0.25, 0.3) is 0 Å². The molecule has 0 spiro atoms. The van der Waals surface area contributed by atoms with E-state index >= 15 is 0 Å². The molecule has 0 saturated heterocycles. The molecule has 20 heavy (non-hydrogen) atoms. The van der Waals surface area contributed by atoms with E-state index < -0.39 is 0 Å². The number of furan rings is 1. The van der Waals surface area contributed by atoms with Crippen LogP contribution in [0.3, 0.4) is 0 Å². The zero-order valence-corrected chi connectivity index (χ0v) is 14.0. The molecule has 3 N–H and O–H groups in total. The number of thioether (sulfide) groups is 1. The van der Waals surface area contributed by atoms with Crippen LogP contribution in [0.1, 0.15) is 17.9 Å². The van der Waals surface area contributed by atoms with Crippen molar-refractivity contribution < 1.29 is 9.21 Å². The third-order valence-corrected chi connectivity index (χ3v) is 3.19. The molecular weight excluding hydrogens is 321 g/mol. The van der Waals surface area contributed by atoms with Crippen molar-refractivity contribution in [2.24, 2.45) is 5.73 Å². The summed E-state index contributed by atoms with van der Waals surface area (Å²) in [5, 5.41) is 6.96. The maximum atomic E-state index is 11.1. The van der Waals surface area contributed by atoms with E-state index in [1.165, 1.54) is 0 Å². The molecule has 0 fully saturated rings. The van der Waals surface area contributed by atoms with Gasteiger partial charge in [0.2, 0.25) is 0 Å². The van der Waals surface area contributed by atoms with Gasteiger partial charge in [0.1, 0.15) is 11.5 Å². The van der Waals surface area contributed by atoms with Gasteiger partial charge < -0.3 is 15.1 Å². The first-order valence-electron chi connectivity index (χ1n) is 5.66. The third kappa shape index (κ3) is 8.47. The van der Waals surface area contributed by atoms with E-state index in [9.17, 15) is 4.79 Å². The summed E-state index contributed by atoms with van der Waals surface area (Å²) >= 11 is 1.60. The summed E-state index contributed by atoms with van der Waals surface area (Å²) in [5.74, 6) is 2.58. The molecule has 0 aliphatic heterocycles. The number of amidine groups is 1. The van der Waals surface area contributed by atoms with Gasteiger partial charge in [0.25, 0.3) is 0 Å². The Hall–Kier alpha value is -0.690. The minimum absolute atomic E-state index is 0. The lowest BCUT2D eigenvalue weighted by molar-refractivity contribution is -0.112. The molecule has 8 heteroatoms. The van der Waals surface area contributed by atoms with E-state index in [1.807, 2.05) is 31.1 Å². The highest BCUT2D eigenvalue weighted by molar-refractivity contribution is 7.98. The SMILES string of the molecule is CN(C)Cc1ccc(CSCCC(=O)C(=N)N)o1.Cl.Cl. The first-order chi connectivity index (χ1) is 8.49. The van der Waals surface area contributed by atoms with Crippen molar-refractivity contribution in [2.45, 2.75) is 18.7 Å². The molecule has 0 atom stereocenters. The molecule has 0 bridgehead atoms. The molecule has 1 rings (SSSR count). The highest BCUT2D eigenvalue weighted by Gasteiger charge is 2.06. The second-order valence-corrected chi connectivity index (χ2v) is 5.35. The Morgan fingerprint density at radius 2 is 1.95 bits per heavy atom. The molecule has 0 aliphatic carbocycles. The predicted molar refractivity (Wildman–Crippen MR) is 88.3 cm³/mol. The highest BCUT2D eigenvalue weighted by Crippen LogP contribution is 2.16. The fourth-order valence-electron chi connectivity index (χ4n) is 1.37. The number of ketones is 1. The third-order valence-electron chi connectivity index (χ3n) is 2.21. The molecule has 5 nitrogen and oxygen atoms in total. The van der Waals surface area contributed by atoms with Gasteiger partial charge in [0, 0.05) is 12.2 Å². The lowest BCUT2D eigenvalue weighted by atomic mass is 10.3. The highest BCUT2D eigenvalue weighted by atomic mass is 35.5. The van der Waals surface area contributed by atoms with Crippen LogP contribution in [0.4, 0.5) is 0 Å². The lowest BCUT2D eigenvalue weighted by Gasteiger charge is -2.05. The van der Waals surface area contributed by atoms with E-state index in [1.54, 1.807) is 11.8 Å². The standard InChI is InChI=1S/C12H19N3O2S.2ClH/c1-15(2)7-9-3-4-10(17-9)8-18-6-5-11(16)12(13)14;;/h3-4H,5-8H2,1-2H3,(H3,13,14);2*1H. The molecule has 116 valence electrons. The molecule has 0 amide bonds. The first kappa shape index (κ1) is 21.6. The number of hydrogen-bond donors (Lipinski definition) is 2. The summed E-state index contributed by atoms with van der Waals surface area (Å²) < 4.78 is 5.63. The van der Waals surface area contributed by atoms with E-state index in [-0.39, 0.29) is 36.4 Å². The van der Waals surface area contributed by atoms with Crippen molar-refractivity contribution in [3.05, 3.63) is 23.7 Å². The summed E-state index contributed by atoms with van der Waals surface area (Å²) in [5.41, 5.74) is 5.08. The largest absolute Gasteiger partial charge is 0.464 e. The monoisotopic (exact) mass is 341 g/mol. The van der Waals surface area contributed by atoms with Crippen molar-refractivity contribution >= 4 is 48.2 Å². The normalized spacial score (nSPS) is 9.75. The van der Waals surface area contributed by atoms with E-state index in [0.29, 0.717) is 12.2 Å². The van der Waals surface area contributed by atoms with Crippen molar-refractivity contribution in [3.8, 4) is 0 Å². The van der Waals surface area contributed by atoms with Crippen LogP contribution >= 0.6 is 36.6 Å². The van der Waals surface area contributed by atoms with Crippen LogP contribution < -0.4 is 5.73 Å². The summed E-state index contributed by atoms with van der Waals surface area (Å²) in [6.07, 6.45) is 0.311. The van der Waals surface area contributed by atoms with Gasteiger partial charge in [-0.15, -0.1) is 24.8 Å². The molecule has 1 aromatic rings.